The molecule has 1 atom stereocenters. The minimum atomic E-state index is -0.298. The second-order valence-electron chi connectivity index (χ2n) is 6.38. The average Bonchev–Trinajstić information content (AvgIpc) is 3.05. The van der Waals surface area contributed by atoms with Crippen molar-refractivity contribution in [2.24, 2.45) is 5.92 Å². The Bertz CT molecular complexity index is 771. The number of carbonyl (C=O) groups is 2. The largest absolute Gasteiger partial charge is 0.462 e. The molecule has 0 saturated carbocycles. The average molecular weight is 360 g/mol. The number of esters is 1. The number of ether oxygens (including phenoxy) is 1. The lowest BCUT2D eigenvalue weighted by Crippen LogP contribution is -2.42. The predicted molar refractivity (Wildman–Crippen MR) is 101 cm³/mol. The van der Waals surface area contributed by atoms with Gasteiger partial charge in [-0.25, -0.2) is 9.59 Å². The topological polar surface area (TPSA) is 58.6 Å². The van der Waals surface area contributed by atoms with E-state index in [-0.39, 0.29) is 12.0 Å². The molecule has 1 aromatic heterocycles. The summed E-state index contributed by atoms with van der Waals surface area (Å²) in [6, 6.07) is 7.50. The molecule has 25 heavy (non-hydrogen) atoms. The summed E-state index contributed by atoms with van der Waals surface area (Å²) in [6.45, 7) is 5.98. The molecule has 1 aliphatic rings. The first kappa shape index (κ1) is 17.7. The van der Waals surface area contributed by atoms with E-state index in [2.05, 4.69) is 12.2 Å². The van der Waals surface area contributed by atoms with Gasteiger partial charge in [0.2, 0.25) is 0 Å². The lowest BCUT2D eigenvalue weighted by molar-refractivity contribution is 0.0532. The van der Waals surface area contributed by atoms with Crippen LogP contribution < -0.4 is 5.32 Å². The number of urea groups is 1. The summed E-state index contributed by atoms with van der Waals surface area (Å²) >= 11 is 1.41. The van der Waals surface area contributed by atoms with Crippen molar-refractivity contribution < 1.29 is 14.3 Å². The molecule has 1 fully saturated rings. The Morgan fingerprint density at radius 3 is 2.92 bits per heavy atom. The minimum Gasteiger partial charge on any atom is -0.462 e. The van der Waals surface area contributed by atoms with Crippen molar-refractivity contribution in [3.05, 3.63) is 29.1 Å². The van der Waals surface area contributed by atoms with Crippen LogP contribution in [0.1, 0.15) is 42.8 Å². The van der Waals surface area contributed by atoms with Gasteiger partial charge in [0, 0.05) is 23.5 Å². The maximum absolute atomic E-state index is 12.5. The van der Waals surface area contributed by atoms with Crippen LogP contribution in [0.4, 0.5) is 10.5 Å². The monoisotopic (exact) mass is 360 g/mol. The van der Waals surface area contributed by atoms with E-state index in [9.17, 15) is 9.59 Å². The third-order valence-corrected chi connectivity index (χ3v) is 5.72. The first-order valence-corrected chi connectivity index (χ1v) is 9.69. The number of piperidine rings is 1. The summed E-state index contributed by atoms with van der Waals surface area (Å²) in [5.74, 6) is 0.305. The van der Waals surface area contributed by atoms with Gasteiger partial charge in [-0.3, -0.25) is 0 Å². The highest BCUT2D eigenvalue weighted by Crippen LogP contribution is 2.29. The predicted octanol–water partition coefficient (Wildman–Crippen LogP) is 4.73. The standard InChI is InChI=1S/C19H24N2O3S/c1-3-13-6-5-9-21(12-13)19(23)20-15-7-8-16-14(10-15)11-17(25-16)18(22)24-4-2/h7-8,10-11,13H,3-6,9,12H2,1-2H3,(H,20,23). The summed E-state index contributed by atoms with van der Waals surface area (Å²) < 4.78 is 6.05. The first-order chi connectivity index (χ1) is 12.1. The van der Waals surface area contributed by atoms with Crippen molar-refractivity contribution in [3.8, 4) is 0 Å². The fourth-order valence-electron chi connectivity index (χ4n) is 3.21. The lowest BCUT2D eigenvalue weighted by Gasteiger charge is -2.32. The van der Waals surface area contributed by atoms with Gasteiger partial charge in [0.25, 0.3) is 0 Å². The summed E-state index contributed by atoms with van der Waals surface area (Å²) in [7, 11) is 0. The number of likely N-dealkylation sites (tertiary alicyclic amines) is 1. The van der Waals surface area contributed by atoms with Gasteiger partial charge < -0.3 is 15.0 Å². The van der Waals surface area contributed by atoms with E-state index in [0.29, 0.717) is 17.4 Å². The smallest absolute Gasteiger partial charge is 0.348 e. The molecule has 2 amide bonds. The zero-order valence-corrected chi connectivity index (χ0v) is 15.5. The quantitative estimate of drug-likeness (QED) is 0.802. The Morgan fingerprint density at radius 1 is 1.32 bits per heavy atom. The second kappa shape index (κ2) is 7.87. The zero-order valence-electron chi connectivity index (χ0n) is 14.7. The SMILES string of the molecule is CCOC(=O)c1cc2cc(NC(=O)N3CCCC(CC)C3)ccc2s1. The summed E-state index contributed by atoms with van der Waals surface area (Å²) in [4.78, 5) is 26.8. The molecular weight excluding hydrogens is 336 g/mol. The molecule has 2 heterocycles. The van der Waals surface area contributed by atoms with E-state index >= 15 is 0 Å². The molecule has 134 valence electrons. The number of benzene rings is 1. The fraction of sp³-hybridized carbons (Fsp3) is 0.474. The molecule has 1 N–H and O–H groups in total. The molecule has 0 bridgehead atoms. The highest BCUT2D eigenvalue weighted by atomic mass is 32.1. The number of nitrogens with zero attached hydrogens (tertiary/aromatic N) is 1. The van der Waals surface area contributed by atoms with Crippen molar-refractivity contribution in [3.63, 3.8) is 0 Å². The molecule has 1 saturated heterocycles. The van der Waals surface area contributed by atoms with Crippen molar-refractivity contribution in [1.29, 1.82) is 0 Å². The summed E-state index contributed by atoms with van der Waals surface area (Å²) in [6.07, 6.45) is 3.39. The van der Waals surface area contributed by atoms with Crippen molar-refractivity contribution >= 4 is 39.1 Å². The Hall–Kier alpha value is -2.08. The molecule has 5 nitrogen and oxygen atoms in total. The molecule has 2 aromatic rings. The number of carbonyl (C=O) groups excluding carboxylic acids is 2. The Balaban J connectivity index is 1.71. The van der Waals surface area contributed by atoms with Crippen LogP contribution in [0, 0.1) is 5.92 Å². The van der Waals surface area contributed by atoms with Crippen molar-refractivity contribution in [1.82, 2.24) is 4.90 Å². The van der Waals surface area contributed by atoms with Gasteiger partial charge in [0.15, 0.2) is 0 Å². The van der Waals surface area contributed by atoms with Gasteiger partial charge in [-0.2, -0.15) is 0 Å². The number of rotatable bonds is 4. The third kappa shape index (κ3) is 4.12. The van der Waals surface area contributed by atoms with Gasteiger partial charge in [-0.05, 0) is 55.3 Å². The first-order valence-electron chi connectivity index (χ1n) is 8.87. The Morgan fingerprint density at radius 2 is 2.16 bits per heavy atom. The van der Waals surface area contributed by atoms with E-state index < -0.39 is 0 Å². The van der Waals surface area contributed by atoms with Crippen LogP contribution in [0.3, 0.4) is 0 Å². The third-order valence-electron chi connectivity index (χ3n) is 4.63. The van der Waals surface area contributed by atoms with Crippen molar-refractivity contribution in [2.75, 3.05) is 25.0 Å². The van der Waals surface area contributed by atoms with E-state index in [0.717, 1.165) is 41.7 Å². The van der Waals surface area contributed by atoms with Crippen LogP contribution in [0.15, 0.2) is 24.3 Å². The number of hydrogen-bond donors (Lipinski definition) is 1. The van der Waals surface area contributed by atoms with E-state index in [1.807, 2.05) is 29.2 Å². The number of nitrogens with one attached hydrogen (secondary N) is 1. The molecule has 0 radical (unpaired) electrons. The Labute approximate surface area is 152 Å². The van der Waals surface area contributed by atoms with Crippen LogP contribution in [0.2, 0.25) is 0 Å². The van der Waals surface area contributed by atoms with Gasteiger partial charge in [-0.1, -0.05) is 13.3 Å². The van der Waals surface area contributed by atoms with Gasteiger partial charge in [-0.15, -0.1) is 11.3 Å². The normalized spacial score (nSPS) is 17.5. The Kier molecular flexibility index (Phi) is 5.58. The van der Waals surface area contributed by atoms with Crippen LogP contribution >= 0.6 is 11.3 Å². The molecule has 1 aliphatic heterocycles. The van der Waals surface area contributed by atoms with E-state index in [1.165, 1.54) is 17.8 Å². The lowest BCUT2D eigenvalue weighted by atomic mass is 9.96. The number of hydrogen-bond acceptors (Lipinski definition) is 4. The van der Waals surface area contributed by atoms with Gasteiger partial charge in [0.05, 0.1) is 6.61 Å². The van der Waals surface area contributed by atoms with Crippen LogP contribution in [0.25, 0.3) is 10.1 Å². The van der Waals surface area contributed by atoms with Gasteiger partial charge in [0.1, 0.15) is 4.88 Å². The van der Waals surface area contributed by atoms with Gasteiger partial charge >= 0.3 is 12.0 Å². The summed E-state index contributed by atoms with van der Waals surface area (Å²) in [5, 5.41) is 3.93. The number of anilines is 1. The fourth-order valence-corrected chi connectivity index (χ4v) is 4.15. The highest BCUT2D eigenvalue weighted by Gasteiger charge is 2.22. The maximum atomic E-state index is 12.5. The molecule has 3 rings (SSSR count). The molecule has 6 heteroatoms. The molecule has 0 aliphatic carbocycles. The molecule has 1 aromatic carbocycles. The molecular formula is C19H24N2O3S. The van der Waals surface area contributed by atoms with Crippen LogP contribution in [0.5, 0.6) is 0 Å². The van der Waals surface area contributed by atoms with Crippen LogP contribution in [-0.2, 0) is 4.74 Å². The maximum Gasteiger partial charge on any atom is 0.348 e. The second-order valence-corrected chi connectivity index (χ2v) is 7.46. The number of thiophene rings is 1. The highest BCUT2D eigenvalue weighted by molar-refractivity contribution is 7.20. The van der Waals surface area contributed by atoms with E-state index in [1.54, 1.807) is 6.92 Å². The zero-order chi connectivity index (χ0) is 17.8. The summed E-state index contributed by atoms with van der Waals surface area (Å²) in [5.41, 5.74) is 0.754. The number of amides is 2. The van der Waals surface area contributed by atoms with E-state index in [4.69, 9.17) is 4.74 Å². The number of fused-ring (bicyclic) bond motifs is 1. The minimum absolute atomic E-state index is 0.0432. The van der Waals surface area contributed by atoms with Crippen LogP contribution in [-0.4, -0.2) is 36.6 Å². The van der Waals surface area contributed by atoms with Crippen molar-refractivity contribution in [2.45, 2.75) is 33.1 Å². The molecule has 0 spiro atoms. The molecule has 1 unspecified atom stereocenters.